The third kappa shape index (κ3) is 6.24. The van der Waals surface area contributed by atoms with Gasteiger partial charge in [-0.3, -0.25) is 4.79 Å². The summed E-state index contributed by atoms with van der Waals surface area (Å²) in [7, 11) is 0. The van der Waals surface area contributed by atoms with Gasteiger partial charge in [-0.2, -0.15) is 0 Å². The molecule has 1 aromatic rings. The number of carbonyl (C=O) groups excluding carboxylic acids is 2. The van der Waals surface area contributed by atoms with Gasteiger partial charge in [0, 0.05) is 0 Å². The Morgan fingerprint density at radius 3 is 2.45 bits per heavy atom. The number of rotatable bonds is 8. The van der Waals surface area contributed by atoms with Gasteiger partial charge in [0.05, 0.1) is 25.4 Å². The molecule has 0 aliphatic rings. The van der Waals surface area contributed by atoms with Gasteiger partial charge in [-0.1, -0.05) is 30.3 Å². The Labute approximate surface area is 131 Å². The Morgan fingerprint density at radius 2 is 1.91 bits per heavy atom. The lowest BCUT2D eigenvalue weighted by atomic mass is 10.1. The van der Waals surface area contributed by atoms with Gasteiger partial charge < -0.3 is 20.5 Å². The van der Waals surface area contributed by atoms with Gasteiger partial charge in [0.2, 0.25) is 5.91 Å². The second-order valence-corrected chi connectivity index (χ2v) is 5.50. The van der Waals surface area contributed by atoms with Gasteiger partial charge in [-0.05, 0) is 26.3 Å². The van der Waals surface area contributed by atoms with Gasteiger partial charge >= 0.3 is 5.97 Å². The van der Waals surface area contributed by atoms with Crippen molar-refractivity contribution in [1.82, 2.24) is 5.32 Å². The van der Waals surface area contributed by atoms with E-state index in [1.807, 2.05) is 30.3 Å². The van der Waals surface area contributed by atoms with Crippen molar-refractivity contribution in [1.29, 1.82) is 0 Å². The van der Waals surface area contributed by atoms with Gasteiger partial charge in [0.15, 0.2) is 6.04 Å². The maximum absolute atomic E-state index is 11.9. The van der Waals surface area contributed by atoms with E-state index in [2.05, 4.69) is 5.32 Å². The van der Waals surface area contributed by atoms with Crippen molar-refractivity contribution in [3.63, 3.8) is 0 Å². The Morgan fingerprint density at radius 1 is 1.27 bits per heavy atom. The Bertz CT molecular complexity index is 483. The second-order valence-electron chi connectivity index (χ2n) is 5.50. The van der Waals surface area contributed by atoms with Gasteiger partial charge in [0.1, 0.15) is 0 Å². The maximum atomic E-state index is 11.9. The molecule has 0 saturated heterocycles. The van der Waals surface area contributed by atoms with Gasteiger partial charge in [0.25, 0.3) is 0 Å². The lowest BCUT2D eigenvalue weighted by Gasteiger charge is -2.23. The van der Waals surface area contributed by atoms with Gasteiger partial charge in [-0.15, -0.1) is 0 Å². The number of hydrogen-bond acceptors (Lipinski definition) is 5. The lowest BCUT2D eigenvalue weighted by Crippen LogP contribution is -2.55. The van der Waals surface area contributed by atoms with Crippen LogP contribution in [-0.4, -0.2) is 36.7 Å². The highest BCUT2D eigenvalue weighted by molar-refractivity contribution is 5.89. The first kappa shape index (κ1) is 18.1. The zero-order valence-corrected chi connectivity index (χ0v) is 13.3. The number of hydrogen-bond donors (Lipinski definition) is 2. The van der Waals surface area contributed by atoms with Crippen LogP contribution < -0.4 is 11.1 Å². The molecule has 3 N–H and O–H groups in total. The Kier molecular flexibility index (Phi) is 7.01. The molecule has 0 radical (unpaired) electrons. The van der Waals surface area contributed by atoms with Crippen molar-refractivity contribution in [2.45, 2.75) is 39.0 Å². The molecule has 0 aliphatic carbocycles. The minimum Gasteiger partial charge on any atom is -0.464 e. The first-order chi connectivity index (χ1) is 10.3. The van der Waals surface area contributed by atoms with E-state index in [4.69, 9.17) is 15.2 Å². The number of ether oxygens (including phenoxy) is 2. The van der Waals surface area contributed by atoms with E-state index in [1.54, 1.807) is 20.8 Å². The lowest BCUT2D eigenvalue weighted by molar-refractivity contribution is -0.149. The molecule has 22 heavy (non-hydrogen) atoms. The summed E-state index contributed by atoms with van der Waals surface area (Å²) >= 11 is 0. The van der Waals surface area contributed by atoms with Crippen LogP contribution in [0.15, 0.2) is 30.3 Å². The predicted molar refractivity (Wildman–Crippen MR) is 82.9 cm³/mol. The first-order valence-electron chi connectivity index (χ1n) is 7.22. The highest BCUT2D eigenvalue weighted by atomic mass is 16.5. The van der Waals surface area contributed by atoms with E-state index in [-0.39, 0.29) is 13.2 Å². The quantitative estimate of drug-likeness (QED) is 0.699. The molecule has 0 saturated carbocycles. The summed E-state index contributed by atoms with van der Waals surface area (Å²) < 4.78 is 10.5. The number of amides is 1. The standard InChI is InChI=1S/C16H24N2O4/c1-4-22-14(19)13(18-15(20)16(2,3)17)11-21-10-12-8-6-5-7-9-12/h5-9,13H,4,10-11,17H2,1-3H3,(H,18,20). The van der Waals surface area contributed by atoms with Crippen LogP contribution in [-0.2, 0) is 25.7 Å². The Balaban J connectivity index is 2.58. The molecule has 0 bridgehead atoms. The largest absolute Gasteiger partial charge is 0.464 e. The molecule has 6 heteroatoms. The van der Waals surface area contributed by atoms with Crippen LogP contribution in [0.25, 0.3) is 0 Å². The minimum atomic E-state index is -1.08. The minimum absolute atomic E-state index is 0.0234. The molecule has 0 fully saturated rings. The van der Waals surface area contributed by atoms with Crippen LogP contribution in [0.2, 0.25) is 0 Å². The van der Waals surface area contributed by atoms with E-state index in [1.165, 1.54) is 0 Å². The summed E-state index contributed by atoms with van der Waals surface area (Å²) in [5.74, 6) is -0.970. The third-order valence-corrected chi connectivity index (χ3v) is 2.86. The van der Waals surface area contributed by atoms with Crippen LogP contribution in [0.5, 0.6) is 0 Å². The fourth-order valence-electron chi connectivity index (χ4n) is 1.62. The molecule has 1 unspecified atom stereocenters. The fourth-order valence-corrected chi connectivity index (χ4v) is 1.62. The third-order valence-electron chi connectivity index (χ3n) is 2.86. The van der Waals surface area contributed by atoms with Crippen LogP contribution in [0.1, 0.15) is 26.3 Å². The molecule has 122 valence electrons. The molecule has 0 heterocycles. The first-order valence-corrected chi connectivity index (χ1v) is 7.22. The van der Waals surface area contributed by atoms with Crippen LogP contribution in [0, 0.1) is 0 Å². The van der Waals surface area contributed by atoms with Crippen LogP contribution in [0.3, 0.4) is 0 Å². The number of nitrogens with two attached hydrogens (primary N) is 1. The van der Waals surface area contributed by atoms with E-state index >= 15 is 0 Å². The molecule has 0 aliphatic heterocycles. The van der Waals surface area contributed by atoms with Crippen molar-refractivity contribution < 1.29 is 19.1 Å². The molecule has 0 spiro atoms. The molecule has 0 aromatic heterocycles. The summed E-state index contributed by atoms with van der Waals surface area (Å²) in [6, 6.07) is 8.68. The normalized spacial score (nSPS) is 12.5. The van der Waals surface area contributed by atoms with Crippen molar-refractivity contribution >= 4 is 11.9 Å². The number of nitrogens with one attached hydrogen (secondary N) is 1. The van der Waals surface area contributed by atoms with E-state index in [9.17, 15) is 9.59 Å². The Hall–Kier alpha value is -1.92. The van der Waals surface area contributed by atoms with E-state index in [0.29, 0.717) is 6.61 Å². The molecule has 6 nitrogen and oxygen atoms in total. The summed E-state index contributed by atoms with van der Waals surface area (Å²) in [6.45, 7) is 5.43. The molecule has 1 aromatic carbocycles. The number of carbonyl (C=O) groups is 2. The molecule has 1 amide bonds. The van der Waals surface area contributed by atoms with E-state index in [0.717, 1.165) is 5.56 Å². The molecule has 1 rings (SSSR count). The average Bonchev–Trinajstić information content (AvgIpc) is 2.46. The summed E-state index contributed by atoms with van der Waals surface area (Å²) in [5, 5.41) is 2.56. The SMILES string of the molecule is CCOC(=O)C(COCc1ccccc1)NC(=O)C(C)(C)N. The zero-order valence-electron chi connectivity index (χ0n) is 13.3. The van der Waals surface area contributed by atoms with Crippen LogP contribution >= 0.6 is 0 Å². The van der Waals surface area contributed by atoms with Crippen molar-refractivity contribution in [2.24, 2.45) is 5.73 Å². The maximum Gasteiger partial charge on any atom is 0.331 e. The average molecular weight is 308 g/mol. The second kappa shape index (κ2) is 8.51. The van der Waals surface area contributed by atoms with E-state index < -0.39 is 23.5 Å². The van der Waals surface area contributed by atoms with Crippen molar-refractivity contribution in [2.75, 3.05) is 13.2 Å². The summed E-state index contributed by atoms with van der Waals surface area (Å²) in [6.07, 6.45) is 0. The molecular weight excluding hydrogens is 284 g/mol. The topological polar surface area (TPSA) is 90.6 Å². The van der Waals surface area contributed by atoms with Gasteiger partial charge in [-0.25, -0.2) is 4.79 Å². The van der Waals surface area contributed by atoms with Crippen LogP contribution in [0.4, 0.5) is 0 Å². The molecular formula is C16H24N2O4. The summed E-state index contributed by atoms with van der Waals surface area (Å²) in [5.41, 5.74) is 5.62. The number of esters is 1. The number of benzene rings is 1. The van der Waals surface area contributed by atoms with Crippen molar-refractivity contribution in [3.8, 4) is 0 Å². The van der Waals surface area contributed by atoms with Crippen molar-refractivity contribution in [3.05, 3.63) is 35.9 Å². The zero-order chi connectivity index (χ0) is 16.6. The highest BCUT2D eigenvalue weighted by Crippen LogP contribution is 2.03. The smallest absolute Gasteiger partial charge is 0.331 e. The molecule has 1 atom stereocenters. The monoisotopic (exact) mass is 308 g/mol. The fraction of sp³-hybridized carbons (Fsp3) is 0.500. The summed E-state index contributed by atoms with van der Waals surface area (Å²) in [4.78, 5) is 23.8. The highest BCUT2D eigenvalue weighted by Gasteiger charge is 2.28. The predicted octanol–water partition coefficient (Wildman–Crippen LogP) is 0.988.